The monoisotopic (exact) mass is 397 g/mol. The fourth-order valence-corrected chi connectivity index (χ4v) is 3.09. The van der Waals surface area contributed by atoms with Crippen LogP contribution in [0.25, 0.3) is 0 Å². The molecular formula is C16H16ClN3O5S. The van der Waals surface area contributed by atoms with Gasteiger partial charge in [-0.1, -0.05) is 11.6 Å². The Morgan fingerprint density at radius 2 is 1.85 bits per heavy atom. The number of amides is 1. The Balaban J connectivity index is 2.21. The number of halogens is 1. The van der Waals surface area contributed by atoms with Crippen LogP contribution in [0.3, 0.4) is 0 Å². The number of hydrogen-bond donors (Lipinski definition) is 1. The summed E-state index contributed by atoms with van der Waals surface area (Å²) in [6.07, 6.45) is 0. The van der Waals surface area contributed by atoms with E-state index in [1.165, 1.54) is 50.4 Å². The summed E-state index contributed by atoms with van der Waals surface area (Å²) in [7, 11) is -1.97. The molecule has 2 rings (SSSR count). The van der Waals surface area contributed by atoms with Gasteiger partial charge < -0.3 is 5.32 Å². The molecule has 138 valence electrons. The molecule has 2 aromatic rings. The predicted molar refractivity (Wildman–Crippen MR) is 100 cm³/mol. The summed E-state index contributed by atoms with van der Waals surface area (Å²) < 4.78 is 24.9. The number of nitro groups is 1. The van der Waals surface area contributed by atoms with E-state index in [0.29, 0.717) is 5.69 Å². The highest BCUT2D eigenvalue weighted by molar-refractivity contribution is 7.92. The van der Waals surface area contributed by atoms with Crippen molar-refractivity contribution in [2.24, 2.45) is 0 Å². The number of non-ortho nitro benzene ring substituents is 1. The molecule has 0 saturated carbocycles. The number of carbonyl (C=O) groups is 1. The van der Waals surface area contributed by atoms with Crippen LogP contribution >= 0.6 is 11.6 Å². The van der Waals surface area contributed by atoms with Crippen molar-refractivity contribution in [2.75, 3.05) is 22.4 Å². The van der Waals surface area contributed by atoms with Crippen molar-refractivity contribution >= 4 is 44.6 Å². The average molecular weight is 398 g/mol. The largest absolute Gasteiger partial charge is 0.320 e. The molecule has 0 spiro atoms. The zero-order valence-corrected chi connectivity index (χ0v) is 15.5. The third kappa shape index (κ3) is 4.30. The molecule has 0 heterocycles. The Bertz CT molecular complexity index is 945. The highest BCUT2D eigenvalue weighted by Crippen LogP contribution is 2.27. The normalized spacial score (nSPS) is 11.0. The number of rotatable bonds is 6. The van der Waals surface area contributed by atoms with E-state index < -0.39 is 20.9 Å². The van der Waals surface area contributed by atoms with E-state index in [9.17, 15) is 23.3 Å². The number of carbonyl (C=O) groups excluding carboxylic acids is 1. The van der Waals surface area contributed by atoms with Crippen LogP contribution in [0.15, 0.2) is 42.5 Å². The lowest BCUT2D eigenvalue weighted by Gasteiger charge is -2.18. The van der Waals surface area contributed by atoms with Crippen LogP contribution < -0.4 is 9.62 Å². The summed E-state index contributed by atoms with van der Waals surface area (Å²) in [4.78, 5) is 22.5. The number of nitrogens with zero attached hydrogens (tertiary/aromatic N) is 2. The molecule has 8 nitrogen and oxygen atoms in total. The first-order valence-corrected chi connectivity index (χ1v) is 9.46. The molecule has 0 bridgehead atoms. The van der Waals surface area contributed by atoms with Crippen LogP contribution in [0.2, 0.25) is 5.02 Å². The third-order valence-corrected chi connectivity index (χ3v) is 5.79. The van der Waals surface area contributed by atoms with Gasteiger partial charge in [0, 0.05) is 24.7 Å². The maximum absolute atomic E-state index is 12.3. The van der Waals surface area contributed by atoms with Crippen molar-refractivity contribution < 1.29 is 18.1 Å². The number of sulfonamides is 1. The number of nitrogens with one attached hydrogen (secondary N) is 1. The van der Waals surface area contributed by atoms with Crippen molar-refractivity contribution in [3.05, 3.63) is 63.2 Å². The van der Waals surface area contributed by atoms with E-state index in [1.54, 1.807) is 0 Å². The SMILES string of the molecule is CCS(=O)(=O)N(C)c1ccc(C(=O)Nc2cc([N+](=O)[O-])ccc2Cl)cc1. The molecule has 1 amide bonds. The fraction of sp³-hybridized carbons (Fsp3) is 0.188. The standard InChI is InChI=1S/C16H16ClN3O5S/c1-3-26(24,25)19(2)12-6-4-11(5-7-12)16(21)18-15-10-13(20(22)23)8-9-14(15)17/h4-10H,3H2,1-2H3,(H,18,21). The van der Waals surface area contributed by atoms with E-state index in [2.05, 4.69) is 5.32 Å². The van der Waals surface area contributed by atoms with Gasteiger partial charge in [-0.25, -0.2) is 8.42 Å². The first kappa shape index (κ1) is 19.7. The zero-order valence-electron chi connectivity index (χ0n) is 14.0. The van der Waals surface area contributed by atoms with Gasteiger partial charge in [0.1, 0.15) is 0 Å². The second kappa shape index (κ2) is 7.71. The Kier molecular flexibility index (Phi) is 5.83. The summed E-state index contributed by atoms with van der Waals surface area (Å²) >= 11 is 5.95. The van der Waals surface area contributed by atoms with Crippen LogP contribution in [0.5, 0.6) is 0 Å². The van der Waals surface area contributed by atoms with Gasteiger partial charge in [0.05, 0.1) is 27.1 Å². The minimum Gasteiger partial charge on any atom is -0.320 e. The molecule has 0 aliphatic carbocycles. The molecule has 2 aromatic carbocycles. The average Bonchev–Trinajstić information content (AvgIpc) is 2.62. The van der Waals surface area contributed by atoms with Crippen molar-refractivity contribution in [3.8, 4) is 0 Å². The number of hydrogen-bond acceptors (Lipinski definition) is 5. The maximum atomic E-state index is 12.3. The van der Waals surface area contributed by atoms with Gasteiger partial charge >= 0.3 is 0 Å². The lowest BCUT2D eigenvalue weighted by molar-refractivity contribution is -0.384. The summed E-state index contributed by atoms with van der Waals surface area (Å²) in [5, 5.41) is 13.5. The van der Waals surface area contributed by atoms with Gasteiger partial charge in [0.2, 0.25) is 10.0 Å². The highest BCUT2D eigenvalue weighted by atomic mass is 35.5. The number of nitro benzene ring substituents is 1. The maximum Gasteiger partial charge on any atom is 0.271 e. The van der Waals surface area contributed by atoms with E-state index in [0.717, 1.165) is 10.4 Å². The summed E-state index contributed by atoms with van der Waals surface area (Å²) in [6, 6.07) is 9.62. The van der Waals surface area contributed by atoms with Crippen LogP contribution in [0, 0.1) is 10.1 Å². The molecule has 0 unspecified atom stereocenters. The molecule has 0 aliphatic heterocycles. The van der Waals surface area contributed by atoms with Gasteiger partial charge in [0.15, 0.2) is 0 Å². The van der Waals surface area contributed by atoms with E-state index >= 15 is 0 Å². The molecule has 26 heavy (non-hydrogen) atoms. The minimum absolute atomic E-state index is 0.0446. The molecule has 1 N–H and O–H groups in total. The highest BCUT2D eigenvalue weighted by Gasteiger charge is 2.17. The van der Waals surface area contributed by atoms with E-state index in [4.69, 9.17) is 11.6 Å². The third-order valence-electron chi connectivity index (χ3n) is 3.68. The Hall–Kier alpha value is -2.65. The van der Waals surface area contributed by atoms with Crippen molar-refractivity contribution in [1.29, 1.82) is 0 Å². The summed E-state index contributed by atoms with van der Waals surface area (Å²) in [6.45, 7) is 1.54. The van der Waals surface area contributed by atoms with E-state index in [1.807, 2.05) is 0 Å². The number of benzene rings is 2. The fourth-order valence-electron chi connectivity index (χ4n) is 2.09. The molecule has 0 radical (unpaired) electrons. The lowest BCUT2D eigenvalue weighted by Crippen LogP contribution is -2.28. The quantitative estimate of drug-likeness (QED) is 0.594. The Morgan fingerprint density at radius 1 is 1.23 bits per heavy atom. The topological polar surface area (TPSA) is 110 Å². The van der Waals surface area contributed by atoms with Crippen molar-refractivity contribution in [2.45, 2.75) is 6.92 Å². The van der Waals surface area contributed by atoms with Gasteiger partial charge in [-0.05, 0) is 37.3 Å². The second-order valence-corrected chi connectivity index (χ2v) is 7.99. The first-order valence-electron chi connectivity index (χ1n) is 7.47. The molecule has 0 atom stereocenters. The first-order chi connectivity index (χ1) is 12.2. The lowest BCUT2D eigenvalue weighted by atomic mass is 10.2. The molecule has 0 aliphatic rings. The minimum atomic E-state index is -3.40. The van der Waals surface area contributed by atoms with Crippen LogP contribution in [0.4, 0.5) is 17.1 Å². The van der Waals surface area contributed by atoms with Gasteiger partial charge in [0.25, 0.3) is 11.6 Å². The Morgan fingerprint density at radius 3 is 2.38 bits per heavy atom. The van der Waals surface area contributed by atoms with Crippen molar-refractivity contribution in [1.82, 2.24) is 0 Å². The van der Waals surface area contributed by atoms with Crippen LogP contribution in [0.1, 0.15) is 17.3 Å². The smallest absolute Gasteiger partial charge is 0.271 e. The predicted octanol–water partition coefficient (Wildman–Crippen LogP) is 3.29. The Labute approximate surface area is 155 Å². The van der Waals surface area contributed by atoms with Gasteiger partial charge in [-0.3, -0.25) is 19.2 Å². The van der Waals surface area contributed by atoms with Crippen LogP contribution in [-0.2, 0) is 10.0 Å². The molecule has 10 heteroatoms. The number of anilines is 2. The molecular weight excluding hydrogens is 382 g/mol. The van der Waals surface area contributed by atoms with Crippen LogP contribution in [-0.4, -0.2) is 32.0 Å². The van der Waals surface area contributed by atoms with Crippen molar-refractivity contribution in [3.63, 3.8) is 0 Å². The summed E-state index contributed by atoms with van der Waals surface area (Å²) in [5.74, 6) is -0.572. The molecule has 0 saturated heterocycles. The van der Waals surface area contributed by atoms with E-state index in [-0.39, 0.29) is 27.7 Å². The molecule has 0 fully saturated rings. The molecule has 0 aromatic heterocycles. The van der Waals surface area contributed by atoms with Gasteiger partial charge in [-0.2, -0.15) is 0 Å². The second-order valence-electron chi connectivity index (χ2n) is 5.29. The zero-order chi connectivity index (χ0) is 19.5. The van der Waals surface area contributed by atoms with Gasteiger partial charge in [-0.15, -0.1) is 0 Å². The summed E-state index contributed by atoms with van der Waals surface area (Å²) in [5.41, 5.74) is 0.572.